The number of nitrogens with one attached hydrogen (secondary N) is 1. The van der Waals surface area contributed by atoms with Gasteiger partial charge in [0.05, 0.1) is 29.0 Å². The monoisotopic (exact) mass is 448 g/mol. The number of carbonyl (C=O) groups excluding carboxylic acids is 1. The van der Waals surface area contributed by atoms with Gasteiger partial charge in [0.25, 0.3) is 5.22 Å². The summed E-state index contributed by atoms with van der Waals surface area (Å²) >= 11 is 13.2. The van der Waals surface area contributed by atoms with Gasteiger partial charge in [-0.1, -0.05) is 47.1 Å². The average Bonchev–Trinajstić information content (AvgIpc) is 3.22. The first-order valence-corrected chi connectivity index (χ1v) is 9.99. The van der Waals surface area contributed by atoms with Gasteiger partial charge in [0.15, 0.2) is 0 Å². The van der Waals surface area contributed by atoms with Crippen LogP contribution in [0.3, 0.4) is 0 Å². The minimum Gasteiger partial charge on any atom is -0.497 e. The molecule has 1 atom stereocenters. The highest BCUT2D eigenvalue weighted by atomic mass is 35.5. The van der Waals surface area contributed by atoms with E-state index in [2.05, 4.69) is 15.5 Å². The van der Waals surface area contributed by atoms with Crippen molar-refractivity contribution < 1.29 is 13.9 Å². The molecule has 0 spiro atoms. The summed E-state index contributed by atoms with van der Waals surface area (Å²) in [5.74, 6) is 0.644. The number of nitrogens with zero attached hydrogens (tertiary/aromatic N) is 3. The number of hydrogen-bond acceptors (Lipinski definition) is 7. The Hall–Kier alpha value is -2.73. The number of thioether (sulfide) groups is 1. The molecule has 148 valence electrons. The zero-order valence-electron chi connectivity index (χ0n) is 15.1. The van der Waals surface area contributed by atoms with Crippen LogP contribution in [0.25, 0.3) is 11.5 Å². The maximum absolute atomic E-state index is 12.2. The van der Waals surface area contributed by atoms with E-state index in [0.717, 1.165) is 17.3 Å². The smallest absolute Gasteiger partial charge is 0.277 e. The quantitative estimate of drug-likeness (QED) is 0.529. The van der Waals surface area contributed by atoms with Crippen molar-refractivity contribution in [2.75, 3.05) is 12.9 Å². The number of methoxy groups -OCH3 is 1. The van der Waals surface area contributed by atoms with Crippen LogP contribution in [0.4, 0.5) is 0 Å². The molecule has 0 fully saturated rings. The van der Waals surface area contributed by atoms with E-state index in [4.69, 9.17) is 32.4 Å². The molecule has 3 rings (SSSR count). The summed E-state index contributed by atoms with van der Waals surface area (Å²) in [6.45, 7) is 0. The highest BCUT2D eigenvalue weighted by Gasteiger charge is 2.19. The second-order valence-corrected chi connectivity index (χ2v) is 7.37. The topological polar surface area (TPSA) is 101 Å². The Kier molecular flexibility index (Phi) is 6.99. The van der Waals surface area contributed by atoms with Gasteiger partial charge in [-0.05, 0) is 30.3 Å². The Bertz CT molecular complexity index is 1050. The Morgan fingerprint density at radius 3 is 2.72 bits per heavy atom. The van der Waals surface area contributed by atoms with Crippen LogP contribution < -0.4 is 10.1 Å². The number of ether oxygens (including phenoxy) is 1. The van der Waals surface area contributed by atoms with Crippen LogP contribution in [-0.2, 0) is 4.79 Å². The molecule has 0 aliphatic rings. The number of nitriles is 1. The fourth-order valence-corrected chi connectivity index (χ4v) is 3.36. The molecule has 3 aromatic rings. The van der Waals surface area contributed by atoms with Crippen molar-refractivity contribution in [1.29, 1.82) is 5.26 Å². The van der Waals surface area contributed by atoms with Crippen molar-refractivity contribution >= 4 is 40.9 Å². The third-order valence-electron chi connectivity index (χ3n) is 3.80. The SMILES string of the molecule is COc1ccc(-c2nnc(SCC(=O)NC(C#N)c3cccc(Cl)c3Cl)o2)cc1. The standard InChI is InChI=1S/C19H14Cl2N4O3S/c1-27-12-7-5-11(6-8-12)18-24-25-19(28-18)29-10-16(26)23-15(9-22)13-3-2-4-14(20)17(13)21/h2-8,15H,10H2,1H3,(H,23,26). The fraction of sp³-hybridized carbons (Fsp3) is 0.158. The Morgan fingerprint density at radius 1 is 1.28 bits per heavy atom. The minimum absolute atomic E-state index is 0.0133. The summed E-state index contributed by atoms with van der Waals surface area (Å²) in [5.41, 5.74) is 1.16. The molecule has 2 aromatic carbocycles. The van der Waals surface area contributed by atoms with Crippen LogP contribution in [0, 0.1) is 11.3 Å². The van der Waals surface area contributed by atoms with Crippen LogP contribution in [0.1, 0.15) is 11.6 Å². The molecule has 1 N–H and O–H groups in total. The molecule has 1 amide bonds. The summed E-state index contributed by atoms with van der Waals surface area (Å²) in [6, 6.07) is 13.1. The first-order valence-electron chi connectivity index (χ1n) is 8.25. The largest absolute Gasteiger partial charge is 0.497 e. The first kappa shape index (κ1) is 21.0. The summed E-state index contributed by atoms with van der Waals surface area (Å²) in [4.78, 5) is 12.2. The van der Waals surface area contributed by atoms with Gasteiger partial charge in [-0.25, -0.2) is 0 Å². The van der Waals surface area contributed by atoms with Gasteiger partial charge in [-0.2, -0.15) is 5.26 Å². The molecule has 29 heavy (non-hydrogen) atoms. The van der Waals surface area contributed by atoms with Crippen molar-refractivity contribution in [3.63, 3.8) is 0 Å². The van der Waals surface area contributed by atoms with Gasteiger partial charge in [-0.15, -0.1) is 10.2 Å². The average molecular weight is 449 g/mol. The zero-order chi connectivity index (χ0) is 20.8. The van der Waals surface area contributed by atoms with Crippen LogP contribution in [-0.4, -0.2) is 29.0 Å². The van der Waals surface area contributed by atoms with Crippen LogP contribution in [0.2, 0.25) is 10.0 Å². The predicted octanol–water partition coefficient (Wildman–Crippen LogP) is 4.53. The molecule has 0 saturated carbocycles. The number of hydrogen-bond donors (Lipinski definition) is 1. The molecule has 0 aliphatic carbocycles. The van der Waals surface area contributed by atoms with E-state index in [1.165, 1.54) is 0 Å². The number of amides is 1. The molecule has 1 heterocycles. The summed E-state index contributed by atoms with van der Waals surface area (Å²) in [7, 11) is 1.58. The lowest BCUT2D eigenvalue weighted by atomic mass is 10.1. The molecule has 10 heteroatoms. The molecular formula is C19H14Cl2N4O3S. The summed E-state index contributed by atoms with van der Waals surface area (Å²) < 4.78 is 10.7. The number of aromatic nitrogens is 2. The minimum atomic E-state index is -0.924. The number of halogens is 2. The van der Waals surface area contributed by atoms with E-state index < -0.39 is 6.04 Å². The van der Waals surface area contributed by atoms with Crippen LogP contribution >= 0.6 is 35.0 Å². The second kappa shape index (κ2) is 9.65. The molecule has 7 nitrogen and oxygen atoms in total. The molecule has 1 aromatic heterocycles. The van der Waals surface area contributed by atoms with Crippen LogP contribution in [0.15, 0.2) is 52.1 Å². The van der Waals surface area contributed by atoms with Crippen molar-refractivity contribution in [3.05, 3.63) is 58.1 Å². The van der Waals surface area contributed by atoms with Gasteiger partial charge in [0.2, 0.25) is 11.8 Å². The highest BCUT2D eigenvalue weighted by Crippen LogP contribution is 2.30. The maximum Gasteiger partial charge on any atom is 0.277 e. The number of benzene rings is 2. The van der Waals surface area contributed by atoms with Gasteiger partial charge in [-0.3, -0.25) is 4.79 Å². The maximum atomic E-state index is 12.2. The Labute approximate surface area is 181 Å². The number of rotatable bonds is 7. The van der Waals surface area contributed by atoms with E-state index in [1.807, 2.05) is 6.07 Å². The lowest BCUT2D eigenvalue weighted by Gasteiger charge is -2.13. The molecule has 0 saturated heterocycles. The Balaban J connectivity index is 1.60. The van der Waals surface area contributed by atoms with E-state index >= 15 is 0 Å². The predicted molar refractivity (Wildman–Crippen MR) is 110 cm³/mol. The van der Waals surface area contributed by atoms with Crippen molar-refractivity contribution in [2.45, 2.75) is 11.3 Å². The lowest BCUT2D eigenvalue weighted by Crippen LogP contribution is -2.29. The zero-order valence-corrected chi connectivity index (χ0v) is 17.4. The number of carbonyl (C=O) groups is 1. The molecule has 0 aliphatic heterocycles. The van der Waals surface area contributed by atoms with Gasteiger partial charge in [0.1, 0.15) is 11.8 Å². The van der Waals surface area contributed by atoms with Gasteiger partial charge in [0, 0.05) is 11.1 Å². The normalized spacial score (nSPS) is 11.5. The summed E-state index contributed by atoms with van der Waals surface area (Å²) in [5, 5.41) is 20.6. The van der Waals surface area contributed by atoms with Crippen molar-refractivity contribution in [3.8, 4) is 23.3 Å². The molecule has 1 unspecified atom stereocenters. The van der Waals surface area contributed by atoms with E-state index in [-0.39, 0.29) is 21.9 Å². The first-order chi connectivity index (χ1) is 14.0. The van der Waals surface area contributed by atoms with Gasteiger partial charge < -0.3 is 14.5 Å². The fourth-order valence-electron chi connectivity index (χ4n) is 2.37. The van der Waals surface area contributed by atoms with Crippen LogP contribution in [0.5, 0.6) is 5.75 Å². The molecule has 0 radical (unpaired) electrons. The van der Waals surface area contributed by atoms with Crippen molar-refractivity contribution in [1.82, 2.24) is 15.5 Å². The van der Waals surface area contributed by atoms with Gasteiger partial charge >= 0.3 is 0 Å². The molecular weight excluding hydrogens is 435 g/mol. The van der Waals surface area contributed by atoms with Crippen molar-refractivity contribution in [2.24, 2.45) is 0 Å². The highest BCUT2D eigenvalue weighted by molar-refractivity contribution is 7.99. The third-order valence-corrected chi connectivity index (χ3v) is 5.45. The van der Waals surface area contributed by atoms with E-state index in [0.29, 0.717) is 22.2 Å². The van der Waals surface area contributed by atoms with E-state index in [9.17, 15) is 10.1 Å². The third kappa shape index (κ3) is 5.21. The van der Waals surface area contributed by atoms with E-state index in [1.54, 1.807) is 49.6 Å². The lowest BCUT2D eigenvalue weighted by molar-refractivity contribution is -0.118. The second-order valence-electron chi connectivity index (χ2n) is 5.66. The summed E-state index contributed by atoms with van der Waals surface area (Å²) in [6.07, 6.45) is 0. The Morgan fingerprint density at radius 2 is 2.03 bits per heavy atom. The molecule has 0 bridgehead atoms.